The van der Waals surface area contributed by atoms with Crippen LogP contribution in [0.3, 0.4) is 0 Å². The van der Waals surface area contributed by atoms with Crippen LogP contribution in [0.25, 0.3) is 11.2 Å². The smallest absolute Gasteiger partial charge is 0.227 e. The van der Waals surface area contributed by atoms with Gasteiger partial charge in [0.05, 0.1) is 6.33 Å². The topological polar surface area (TPSA) is 94.5 Å². The number of pyridine rings is 1. The van der Waals surface area contributed by atoms with E-state index in [9.17, 15) is 0 Å². The lowest BCUT2D eigenvalue weighted by atomic mass is 10.3. The lowest BCUT2D eigenvalue weighted by Crippen LogP contribution is -2.07. The van der Waals surface area contributed by atoms with Gasteiger partial charge in [0, 0.05) is 25.5 Å². The summed E-state index contributed by atoms with van der Waals surface area (Å²) in [5.41, 5.74) is 8.22. The number of nitrogens with zero attached hydrogens (tertiary/aromatic N) is 5. The van der Waals surface area contributed by atoms with E-state index in [0.717, 1.165) is 5.56 Å². The van der Waals surface area contributed by atoms with Gasteiger partial charge in [0.25, 0.3) is 0 Å². The summed E-state index contributed by atoms with van der Waals surface area (Å²) in [5.74, 6) is 0.824. The van der Waals surface area contributed by atoms with E-state index >= 15 is 0 Å². The highest BCUT2D eigenvalue weighted by atomic mass is 15.2. The van der Waals surface area contributed by atoms with E-state index in [1.54, 1.807) is 18.7 Å². The molecule has 3 aromatic heterocycles. The zero-order chi connectivity index (χ0) is 13.9. The highest BCUT2D eigenvalue weighted by Crippen LogP contribution is 2.18. The van der Waals surface area contributed by atoms with Crippen LogP contribution in [0, 0.1) is 6.92 Å². The summed E-state index contributed by atoms with van der Waals surface area (Å²) >= 11 is 0. The van der Waals surface area contributed by atoms with Gasteiger partial charge < -0.3 is 15.6 Å². The van der Waals surface area contributed by atoms with Gasteiger partial charge >= 0.3 is 0 Å². The Kier molecular flexibility index (Phi) is 3.16. The van der Waals surface area contributed by atoms with Crippen LogP contribution in [0.2, 0.25) is 0 Å². The van der Waals surface area contributed by atoms with Crippen molar-refractivity contribution in [1.29, 1.82) is 0 Å². The maximum atomic E-state index is 5.89. The van der Waals surface area contributed by atoms with Gasteiger partial charge in [-0.15, -0.1) is 0 Å². The van der Waals surface area contributed by atoms with Crippen LogP contribution in [0.4, 0.5) is 11.8 Å². The number of hydrogen-bond acceptors (Lipinski definition) is 6. The van der Waals surface area contributed by atoms with Crippen molar-refractivity contribution in [3.63, 3.8) is 0 Å². The van der Waals surface area contributed by atoms with E-state index in [1.807, 2.05) is 16.7 Å². The molecule has 0 spiro atoms. The Morgan fingerprint density at radius 2 is 2.25 bits per heavy atom. The van der Waals surface area contributed by atoms with Gasteiger partial charge in [0.1, 0.15) is 5.52 Å². The molecule has 0 amide bonds. The molecule has 3 heterocycles. The Morgan fingerprint density at radius 3 is 3.00 bits per heavy atom. The summed E-state index contributed by atoms with van der Waals surface area (Å²) in [4.78, 5) is 16.9. The van der Waals surface area contributed by atoms with Gasteiger partial charge in [-0.25, -0.2) is 4.98 Å². The van der Waals surface area contributed by atoms with Crippen molar-refractivity contribution in [2.24, 2.45) is 0 Å². The number of nitrogens with two attached hydrogens (primary N) is 1. The van der Waals surface area contributed by atoms with E-state index in [2.05, 4.69) is 32.2 Å². The Bertz CT molecular complexity index is 720. The van der Waals surface area contributed by atoms with Crippen molar-refractivity contribution >= 4 is 22.9 Å². The predicted octanol–water partition coefficient (Wildman–Crippen LogP) is 1.25. The van der Waals surface area contributed by atoms with Gasteiger partial charge in [-0.1, -0.05) is 6.07 Å². The van der Waals surface area contributed by atoms with Crippen molar-refractivity contribution < 1.29 is 0 Å². The maximum absolute atomic E-state index is 5.89. The number of anilines is 2. The molecule has 101 valence electrons. The fraction of sp³-hybridized carbons (Fsp3) is 0.154. The molecule has 7 nitrogen and oxygen atoms in total. The Morgan fingerprint density at radius 1 is 1.35 bits per heavy atom. The lowest BCUT2D eigenvalue weighted by Gasteiger charge is -2.06. The first kappa shape index (κ1) is 12.3. The van der Waals surface area contributed by atoms with Crippen molar-refractivity contribution in [2.45, 2.75) is 13.1 Å². The molecule has 0 atom stereocenters. The molecule has 3 N–H and O–H groups in total. The molecule has 0 saturated heterocycles. The van der Waals surface area contributed by atoms with Gasteiger partial charge in [-0.2, -0.15) is 9.97 Å². The summed E-state index contributed by atoms with van der Waals surface area (Å²) in [7, 11) is 0. The van der Waals surface area contributed by atoms with Crippen LogP contribution in [-0.4, -0.2) is 24.5 Å². The average Bonchev–Trinajstić information content (AvgIpc) is 2.90. The average molecular weight is 268 g/mol. The Labute approximate surface area is 115 Å². The third-order valence-electron chi connectivity index (χ3n) is 2.91. The quantitative estimate of drug-likeness (QED) is 0.739. The largest absolute Gasteiger partial charge is 0.382 e. The molecule has 3 rings (SSSR count). The number of nitrogens with one attached hydrogen (secondary N) is 1. The van der Waals surface area contributed by atoms with Crippen LogP contribution < -0.4 is 11.1 Å². The molecule has 0 aromatic carbocycles. The predicted molar refractivity (Wildman–Crippen MR) is 76.7 cm³/mol. The second-order valence-electron chi connectivity index (χ2n) is 4.26. The molecule has 3 aromatic rings. The first-order valence-electron chi connectivity index (χ1n) is 6.18. The Balaban J connectivity index is 1.88. The fourth-order valence-corrected chi connectivity index (χ4v) is 1.89. The van der Waals surface area contributed by atoms with Crippen molar-refractivity contribution in [2.75, 3.05) is 11.1 Å². The first-order valence-corrected chi connectivity index (χ1v) is 6.18. The third kappa shape index (κ3) is 2.25. The van der Waals surface area contributed by atoms with Gasteiger partial charge in [-0.05, 0) is 18.6 Å². The molecule has 0 aliphatic carbocycles. The van der Waals surface area contributed by atoms with E-state index < -0.39 is 0 Å². The summed E-state index contributed by atoms with van der Waals surface area (Å²) in [5, 5.41) is 3.13. The number of aromatic nitrogens is 5. The van der Waals surface area contributed by atoms with E-state index in [4.69, 9.17) is 5.73 Å². The number of nitrogen functional groups attached to an aromatic ring is 1. The molecular weight excluding hydrogens is 254 g/mol. The minimum atomic E-state index is 0.357. The molecule has 20 heavy (non-hydrogen) atoms. The van der Waals surface area contributed by atoms with Crippen LogP contribution >= 0.6 is 0 Å². The van der Waals surface area contributed by atoms with Gasteiger partial charge in [-0.3, -0.25) is 4.98 Å². The molecule has 1 radical (unpaired) electrons. The normalized spacial score (nSPS) is 10.8. The summed E-state index contributed by atoms with van der Waals surface area (Å²) < 4.78 is 1.82. The number of imidazole rings is 1. The number of hydrogen-bond donors (Lipinski definition) is 2. The van der Waals surface area contributed by atoms with Gasteiger partial charge in [0.2, 0.25) is 5.95 Å². The second kappa shape index (κ2) is 5.12. The fourth-order valence-electron chi connectivity index (χ4n) is 1.89. The third-order valence-corrected chi connectivity index (χ3v) is 2.91. The first-order chi connectivity index (χ1) is 9.78. The van der Waals surface area contributed by atoms with Crippen LogP contribution in [-0.2, 0) is 13.1 Å². The summed E-state index contributed by atoms with van der Waals surface area (Å²) in [6, 6.07) is 3.86. The van der Waals surface area contributed by atoms with Crippen LogP contribution in [0.1, 0.15) is 5.56 Å². The number of fused-ring (bicyclic) bond motifs is 1. The van der Waals surface area contributed by atoms with E-state index in [1.165, 1.54) is 0 Å². The molecular formula is C13H14N7. The standard InChI is InChI=1S/C13H14N7/c1-2-20-8-17-10-11(14)18-13(19-12(10)20)16-7-9-4-3-5-15-6-9/h3-6,8H,1-2,7H2,(H3,14,16,18,19). The Hall–Kier alpha value is -2.70. The SMILES string of the molecule is [CH2]Cn1cnc2c(N)nc(NCc3cccnc3)nc21. The number of rotatable bonds is 4. The summed E-state index contributed by atoms with van der Waals surface area (Å²) in [6.07, 6.45) is 5.18. The van der Waals surface area contributed by atoms with Crippen molar-refractivity contribution in [3.05, 3.63) is 43.3 Å². The molecule has 7 heteroatoms. The van der Waals surface area contributed by atoms with Crippen molar-refractivity contribution in [1.82, 2.24) is 24.5 Å². The second-order valence-corrected chi connectivity index (χ2v) is 4.26. The maximum Gasteiger partial charge on any atom is 0.227 e. The van der Waals surface area contributed by atoms with Crippen molar-refractivity contribution in [3.8, 4) is 0 Å². The molecule has 0 aliphatic rings. The minimum Gasteiger partial charge on any atom is -0.382 e. The zero-order valence-electron chi connectivity index (χ0n) is 10.8. The van der Waals surface area contributed by atoms with Gasteiger partial charge in [0.15, 0.2) is 11.5 Å². The lowest BCUT2D eigenvalue weighted by molar-refractivity contribution is 0.834. The summed E-state index contributed by atoms with van der Waals surface area (Å²) in [6.45, 7) is 4.94. The van der Waals surface area contributed by atoms with E-state index in [-0.39, 0.29) is 0 Å². The van der Waals surface area contributed by atoms with Crippen LogP contribution in [0.5, 0.6) is 0 Å². The van der Waals surface area contributed by atoms with E-state index in [0.29, 0.717) is 36.0 Å². The zero-order valence-corrected chi connectivity index (χ0v) is 10.8. The highest BCUT2D eigenvalue weighted by Gasteiger charge is 2.10. The highest BCUT2D eigenvalue weighted by molar-refractivity contribution is 5.82. The monoisotopic (exact) mass is 268 g/mol. The molecule has 0 bridgehead atoms. The molecule has 0 aliphatic heterocycles. The molecule has 0 saturated carbocycles. The molecule has 0 unspecified atom stereocenters. The van der Waals surface area contributed by atoms with Crippen LogP contribution in [0.15, 0.2) is 30.9 Å². The molecule has 0 fully saturated rings. The minimum absolute atomic E-state index is 0.357.